The van der Waals surface area contributed by atoms with Crippen LogP contribution in [0.4, 0.5) is 5.95 Å². The van der Waals surface area contributed by atoms with Crippen LogP contribution in [-0.2, 0) is 0 Å². The van der Waals surface area contributed by atoms with Crippen molar-refractivity contribution in [2.24, 2.45) is 0 Å². The molecule has 19 heavy (non-hydrogen) atoms. The fourth-order valence-electron chi connectivity index (χ4n) is 1.35. The van der Waals surface area contributed by atoms with Gasteiger partial charge >= 0.3 is 5.97 Å². The van der Waals surface area contributed by atoms with Crippen LogP contribution >= 0.6 is 23.2 Å². The van der Waals surface area contributed by atoms with Gasteiger partial charge in [0, 0.05) is 0 Å². The Morgan fingerprint density at radius 3 is 2.37 bits per heavy atom. The van der Waals surface area contributed by atoms with Gasteiger partial charge in [-0.2, -0.15) is 10.1 Å². The highest BCUT2D eigenvalue weighted by molar-refractivity contribution is 6.42. The molecule has 2 rings (SSSR count). The molecule has 1 aromatic heterocycles. The van der Waals surface area contributed by atoms with E-state index in [4.69, 9.17) is 28.3 Å². The zero-order valence-electron chi connectivity index (χ0n) is 9.15. The quantitative estimate of drug-likeness (QED) is 0.804. The number of carboxylic acids is 1. The molecule has 0 saturated carbocycles. The number of carbonyl (C=O) groups excluding carboxylic acids is 1. The fourth-order valence-corrected chi connectivity index (χ4v) is 1.68. The average molecular weight is 301 g/mol. The number of aromatic carboxylic acids is 1. The molecule has 0 fully saturated rings. The number of carbonyl (C=O) groups is 2. The van der Waals surface area contributed by atoms with Crippen molar-refractivity contribution >= 4 is 41.0 Å². The third-order valence-corrected chi connectivity index (χ3v) is 2.90. The lowest BCUT2D eigenvalue weighted by molar-refractivity contribution is 0.0692. The molecule has 0 saturated heterocycles. The zero-order chi connectivity index (χ0) is 14.0. The van der Waals surface area contributed by atoms with Gasteiger partial charge in [0.25, 0.3) is 5.91 Å². The first-order chi connectivity index (χ1) is 8.99. The molecule has 7 nitrogen and oxygen atoms in total. The third kappa shape index (κ3) is 2.83. The molecule has 0 bridgehead atoms. The molecule has 0 atom stereocenters. The Morgan fingerprint density at radius 1 is 1.21 bits per heavy atom. The zero-order valence-corrected chi connectivity index (χ0v) is 10.7. The number of nitrogens with zero attached hydrogens (tertiary/aromatic N) is 2. The molecule has 0 aliphatic carbocycles. The van der Waals surface area contributed by atoms with Crippen LogP contribution in [0.1, 0.15) is 20.7 Å². The number of amides is 1. The molecule has 0 aliphatic heterocycles. The summed E-state index contributed by atoms with van der Waals surface area (Å²) in [6, 6.07) is 2.29. The number of nitrogens with one attached hydrogen (secondary N) is 2. The number of halogens is 2. The number of aromatic nitrogens is 3. The minimum atomic E-state index is -1.29. The Labute approximate surface area is 116 Å². The number of H-pyrrole nitrogens is 1. The van der Waals surface area contributed by atoms with Gasteiger partial charge in [0.15, 0.2) is 0 Å². The molecule has 1 amide bonds. The number of benzene rings is 1. The van der Waals surface area contributed by atoms with Crippen LogP contribution in [0.25, 0.3) is 0 Å². The first-order valence-corrected chi connectivity index (χ1v) is 5.63. The van der Waals surface area contributed by atoms with Crippen LogP contribution in [0.5, 0.6) is 0 Å². The van der Waals surface area contributed by atoms with Gasteiger partial charge < -0.3 is 5.11 Å². The van der Waals surface area contributed by atoms with Gasteiger partial charge in [0.2, 0.25) is 5.95 Å². The van der Waals surface area contributed by atoms with Crippen LogP contribution in [0, 0.1) is 0 Å². The van der Waals surface area contributed by atoms with Gasteiger partial charge in [0.1, 0.15) is 6.33 Å². The molecule has 0 aliphatic rings. The molecule has 2 aromatic rings. The van der Waals surface area contributed by atoms with Crippen molar-refractivity contribution in [2.45, 2.75) is 0 Å². The number of aromatic amines is 1. The summed E-state index contributed by atoms with van der Waals surface area (Å²) >= 11 is 11.5. The van der Waals surface area contributed by atoms with Crippen molar-refractivity contribution in [3.63, 3.8) is 0 Å². The van der Waals surface area contributed by atoms with Crippen LogP contribution in [-0.4, -0.2) is 32.2 Å². The van der Waals surface area contributed by atoms with Gasteiger partial charge in [0.05, 0.1) is 21.2 Å². The maximum Gasteiger partial charge on any atom is 0.336 e. The second kappa shape index (κ2) is 5.25. The van der Waals surface area contributed by atoms with E-state index in [0.29, 0.717) is 0 Å². The highest BCUT2D eigenvalue weighted by Gasteiger charge is 2.19. The number of carboxylic acid groups (broad SMARTS) is 1. The highest BCUT2D eigenvalue weighted by Crippen LogP contribution is 2.26. The summed E-state index contributed by atoms with van der Waals surface area (Å²) < 4.78 is 0. The summed E-state index contributed by atoms with van der Waals surface area (Å²) in [5.74, 6) is -1.89. The van der Waals surface area contributed by atoms with Gasteiger partial charge in [-0.05, 0) is 12.1 Å². The second-order valence-electron chi connectivity index (χ2n) is 3.41. The van der Waals surface area contributed by atoms with E-state index in [0.717, 1.165) is 6.07 Å². The van der Waals surface area contributed by atoms with Gasteiger partial charge in [-0.25, -0.2) is 9.89 Å². The molecule has 3 N–H and O–H groups in total. The number of anilines is 1. The van der Waals surface area contributed by atoms with E-state index in [1.165, 1.54) is 12.4 Å². The van der Waals surface area contributed by atoms with E-state index in [1.807, 2.05) is 0 Å². The Balaban J connectivity index is 2.40. The normalized spacial score (nSPS) is 10.2. The maximum atomic E-state index is 11.9. The van der Waals surface area contributed by atoms with Crippen molar-refractivity contribution in [3.8, 4) is 0 Å². The SMILES string of the molecule is O=C(O)c1cc(Cl)c(Cl)cc1C(=O)Nc1ncn[nH]1. The van der Waals surface area contributed by atoms with E-state index in [-0.39, 0.29) is 27.1 Å². The van der Waals surface area contributed by atoms with Gasteiger partial charge in [-0.1, -0.05) is 23.2 Å². The summed E-state index contributed by atoms with van der Waals surface area (Å²) in [6.45, 7) is 0. The number of rotatable bonds is 3. The predicted molar refractivity (Wildman–Crippen MR) is 67.8 cm³/mol. The molecule has 0 radical (unpaired) electrons. The number of hydrogen-bond donors (Lipinski definition) is 3. The Bertz CT molecular complexity index is 642. The molecular weight excluding hydrogens is 295 g/mol. The standard InChI is InChI=1S/C10H6Cl2N4O3/c11-6-1-4(5(9(18)19)2-7(6)12)8(17)15-10-13-3-14-16-10/h1-3H,(H,18,19)(H2,13,14,15,16,17). The van der Waals surface area contributed by atoms with Crippen LogP contribution in [0.2, 0.25) is 10.0 Å². The fraction of sp³-hybridized carbons (Fsp3) is 0. The lowest BCUT2D eigenvalue weighted by Crippen LogP contribution is -2.17. The van der Waals surface area contributed by atoms with E-state index in [1.54, 1.807) is 0 Å². The Morgan fingerprint density at radius 2 is 1.84 bits per heavy atom. The van der Waals surface area contributed by atoms with Crippen molar-refractivity contribution in [2.75, 3.05) is 5.32 Å². The Kier molecular flexibility index (Phi) is 3.68. The molecule has 98 valence electrons. The first-order valence-electron chi connectivity index (χ1n) is 4.88. The molecule has 9 heteroatoms. The van der Waals surface area contributed by atoms with Crippen molar-refractivity contribution in [1.29, 1.82) is 0 Å². The Hall–Kier alpha value is -2.12. The topological polar surface area (TPSA) is 108 Å². The average Bonchev–Trinajstić information content (AvgIpc) is 2.84. The van der Waals surface area contributed by atoms with Crippen molar-refractivity contribution in [1.82, 2.24) is 15.2 Å². The lowest BCUT2D eigenvalue weighted by Gasteiger charge is -2.07. The second-order valence-corrected chi connectivity index (χ2v) is 4.22. The van der Waals surface area contributed by atoms with Gasteiger partial charge in [-0.3, -0.25) is 10.1 Å². The molecule has 1 heterocycles. The molecule has 0 unspecified atom stereocenters. The monoisotopic (exact) mass is 300 g/mol. The summed E-state index contributed by atoms with van der Waals surface area (Å²) in [7, 11) is 0. The third-order valence-electron chi connectivity index (χ3n) is 2.18. The summed E-state index contributed by atoms with van der Waals surface area (Å²) in [5, 5.41) is 17.5. The largest absolute Gasteiger partial charge is 0.478 e. The lowest BCUT2D eigenvalue weighted by atomic mass is 10.1. The minimum absolute atomic E-state index is 0.0512. The summed E-state index contributed by atoms with van der Waals surface area (Å²) in [4.78, 5) is 26.7. The maximum absolute atomic E-state index is 11.9. The minimum Gasteiger partial charge on any atom is -0.478 e. The van der Waals surface area contributed by atoms with Crippen molar-refractivity contribution < 1.29 is 14.7 Å². The number of hydrogen-bond acceptors (Lipinski definition) is 4. The van der Waals surface area contributed by atoms with E-state index < -0.39 is 11.9 Å². The first kappa shape index (κ1) is 13.3. The summed E-state index contributed by atoms with van der Waals surface area (Å²) in [5.41, 5.74) is -0.385. The van der Waals surface area contributed by atoms with Gasteiger partial charge in [-0.15, -0.1) is 0 Å². The smallest absolute Gasteiger partial charge is 0.336 e. The molecule has 1 aromatic carbocycles. The van der Waals surface area contributed by atoms with Crippen molar-refractivity contribution in [3.05, 3.63) is 39.6 Å². The van der Waals surface area contributed by atoms with E-state index in [2.05, 4.69) is 20.5 Å². The van der Waals surface area contributed by atoms with Crippen LogP contribution in [0.15, 0.2) is 18.5 Å². The molecular formula is C10H6Cl2N4O3. The highest BCUT2D eigenvalue weighted by atomic mass is 35.5. The van der Waals surface area contributed by atoms with E-state index in [9.17, 15) is 9.59 Å². The summed E-state index contributed by atoms with van der Waals surface area (Å²) in [6.07, 6.45) is 1.20. The van der Waals surface area contributed by atoms with E-state index >= 15 is 0 Å². The van der Waals surface area contributed by atoms with Crippen LogP contribution in [0.3, 0.4) is 0 Å². The van der Waals surface area contributed by atoms with Crippen LogP contribution < -0.4 is 5.32 Å². The molecule has 0 spiro atoms. The predicted octanol–water partition coefficient (Wildman–Crippen LogP) is 2.06.